The van der Waals surface area contributed by atoms with E-state index in [1.807, 2.05) is 0 Å². The molecule has 1 aliphatic carbocycles. The molecule has 1 heterocycles. The van der Waals surface area contributed by atoms with Crippen LogP contribution >= 0.6 is 22.9 Å². The highest BCUT2D eigenvalue weighted by atomic mass is 35.5. The van der Waals surface area contributed by atoms with Gasteiger partial charge in [-0.25, -0.2) is 10.2 Å². The van der Waals surface area contributed by atoms with Gasteiger partial charge in [0.2, 0.25) is 0 Å². The summed E-state index contributed by atoms with van der Waals surface area (Å²) in [6.07, 6.45) is 4.70. The molecule has 9 heteroatoms. The topological polar surface area (TPSA) is 96.9 Å². The van der Waals surface area contributed by atoms with Gasteiger partial charge < -0.3 is 10.1 Å². The fourth-order valence-electron chi connectivity index (χ4n) is 3.35. The first-order chi connectivity index (χ1) is 14.9. The predicted molar refractivity (Wildman–Crippen MR) is 122 cm³/mol. The second kappa shape index (κ2) is 10.5. The Bertz CT molecular complexity index is 1010. The van der Waals surface area contributed by atoms with E-state index in [1.54, 1.807) is 38.1 Å². The van der Waals surface area contributed by atoms with E-state index in [2.05, 4.69) is 15.8 Å². The van der Waals surface area contributed by atoms with E-state index in [-0.39, 0.29) is 6.61 Å². The van der Waals surface area contributed by atoms with Gasteiger partial charge in [0.1, 0.15) is 5.00 Å². The second-order valence-electron chi connectivity index (χ2n) is 7.09. The molecule has 3 rings (SSSR count). The number of halogens is 1. The molecule has 1 aromatic carbocycles. The number of fused-ring (bicyclic) bond motifs is 1. The van der Waals surface area contributed by atoms with E-state index in [1.165, 1.54) is 11.3 Å². The Morgan fingerprint density at radius 3 is 2.52 bits per heavy atom. The number of nitrogens with one attached hydrogen (secondary N) is 2. The van der Waals surface area contributed by atoms with Crippen LogP contribution in [0.2, 0.25) is 5.02 Å². The molecule has 7 nitrogen and oxygen atoms in total. The van der Waals surface area contributed by atoms with Crippen molar-refractivity contribution >= 4 is 51.4 Å². The third kappa shape index (κ3) is 5.71. The number of thiophene rings is 1. The molecule has 1 aliphatic rings. The lowest BCUT2D eigenvalue weighted by Gasteiger charge is -2.08. The highest BCUT2D eigenvalue weighted by molar-refractivity contribution is 7.17. The second-order valence-corrected chi connectivity index (χ2v) is 8.63. The van der Waals surface area contributed by atoms with Gasteiger partial charge in [0.15, 0.2) is 0 Å². The zero-order valence-electron chi connectivity index (χ0n) is 17.4. The summed E-state index contributed by atoms with van der Waals surface area (Å²) < 4.78 is 5.20. The zero-order valence-corrected chi connectivity index (χ0v) is 19.0. The van der Waals surface area contributed by atoms with Crippen LogP contribution in [-0.4, -0.2) is 30.1 Å². The lowest BCUT2D eigenvalue weighted by atomic mass is 10.1. The summed E-state index contributed by atoms with van der Waals surface area (Å²) in [5, 5.41) is 7.49. The van der Waals surface area contributed by atoms with Gasteiger partial charge in [-0.2, -0.15) is 5.10 Å². The average Bonchev–Trinajstić information content (AvgIpc) is 2.92. The van der Waals surface area contributed by atoms with E-state index in [9.17, 15) is 14.4 Å². The molecule has 164 valence electrons. The van der Waals surface area contributed by atoms with Crippen LogP contribution in [-0.2, 0) is 27.2 Å². The van der Waals surface area contributed by atoms with E-state index in [0.29, 0.717) is 21.3 Å². The van der Waals surface area contributed by atoms with Crippen LogP contribution in [0.4, 0.5) is 5.00 Å². The molecule has 0 saturated carbocycles. The van der Waals surface area contributed by atoms with Crippen molar-refractivity contribution in [1.29, 1.82) is 0 Å². The number of hydrazone groups is 1. The predicted octanol–water partition coefficient (Wildman–Crippen LogP) is 4.33. The lowest BCUT2D eigenvalue weighted by molar-refractivity contribution is -0.136. The van der Waals surface area contributed by atoms with Crippen molar-refractivity contribution in [2.75, 3.05) is 11.9 Å². The van der Waals surface area contributed by atoms with Crippen molar-refractivity contribution < 1.29 is 19.1 Å². The van der Waals surface area contributed by atoms with E-state index < -0.39 is 17.8 Å². The van der Waals surface area contributed by atoms with Crippen molar-refractivity contribution in [2.45, 2.75) is 46.0 Å². The van der Waals surface area contributed by atoms with Crippen molar-refractivity contribution in [3.05, 3.63) is 50.9 Å². The maximum Gasteiger partial charge on any atom is 0.341 e. The van der Waals surface area contributed by atoms with Gasteiger partial charge in [-0.3, -0.25) is 9.59 Å². The molecule has 1 aromatic heterocycles. The van der Waals surface area contributed by atoms with Crippen LogP contribution in [0.5, 0.6) is 0 Å². The third-order valence-electron chi connectivity index (χ3n) is 4.92. The summed E-state index contributed by atoms with van der Waals surface area (Å²) in [5.41, 5.74) is 4.83. The molecule has 0 radical (unpaired) electrons. The van der Waals surface area contributed by atoms with E-state index in [4.69, 9.17) is 16.3 Å². The summed E-state index contributed by atoms with van der Waals surface area (Å²) in [6, 6.07) is 6.94. The number of ether oxygens (including phenoxy) is 1. The largest absolute Gasteiger partial charge is 0.462 e. The summed E-state index contributed by atoms with van der Waals surface area (Å²) in [6.45, 7) is 3.67. The molecular formula is C22H24ClN3O4S. The number of anilines is 1. The van der Waals surface area contributed by atoms with E-state index in [0.717, 1.165) is 48.1 Å². The van der Waals surface area contributed by atoms with Gasteiger partial charge >= 0.3 is 17.8 Å². The summed E-state index contributed by atoms with van der Waals surface area (Å²) in [5.74, 6) is -2.30. The van der Waals surface area contributed by atoms with Crippen molar-refractivity contribution in [3.63, 3.8) is 0 Å². The quantitative estimate of drug-likeness (QED) is 0.228. The zero-order chi connectivity index (χ0) is 22.4. The number of benzene rings is 1. The first-order valence-corrected chi connectivity index (χ1v) is 11.3. The Morgan fingerprint density at radius 1 is 1.10 bits per heavy atom. The Labute approximate surface area is 189 Å². The molecule has 0 atom stereocenters. The van der Waals surface area contributed by atoms with Crippen LogP contribution in [0.25, 0.3) is 0 Å². The summed E-state index contributed by atoms with van der Waals surface area (Å²) in [4.78, 5) is 38.4. The van der Waals surface area contributed by atoms with Crippen LogP contribution in [0.15, 0.2) is 29.4 Å². The fourth-order valence-corrected chi connectivity index (χ4v) is 4.75. The standard InChI is InChI=1S/C22H24ClN3O4S/c1-3-30-22(29)18-16-7-5-4-6-8-17(16)31-21(18)24-19(27)20(28)26-25-13(2)14-9-11-15(23)12-10-14/h9-12H,3-8H2,1-2H3,(H,24,27)(H,26,28)/b25-13+. The minimum absolute atomic E-state index is 0.232. The van der Waals surface area contributed by atoms with Crippen molar-refractivity contribution in [3.8, 4) is 0 Å². The van der Waals surface area contributed by atoms with Crippen molar-refractivity contribution in [1.82, 2.24) is 5.43 Å². The molecular weight excluding hydrogens is 438 g/mol. The normalized spacial score (nSPS) is 13.7. The minimum atomic E-state index is -0.924. The number of hydrogen-bond donors (Lipinski definition) is 2. The number of amides is 2. The van der Waals surface area contributed by atoms with Crippen LogP contribution in [0.1, 0.15) is 59.5 Å². The molecule has 0 saturated heterocycles. The van der Waals surface area contributed by atoms with Crippen LogP contribution < -0.4 is 10.7 Å². The van der Waals surface area contributed by atoms with Gasteiger partial charge in [0, 0.05) is 9.90 Å². The maximum absolute atomic E-state index is 12.6. The Hall–Kier alpha value is -2.71. The summed E-state index contributed by atoms with van der Waals surface area (Å²) in [7, 11) is 0. The van der Waals surface area contributed by atoms with Crippen LogP contribution in [0, 0.1) is 0 Å². The monoisotopic (exact) mass is 461 g/mol. The van der Waals surface area contributed by atoms with Gasteiger partial charge in [-0.1, -0.05) is 30.2 Å². The molecule has 0 aliphatic heterocycles. The fraction of sp³-hybridized carbons (Fsp3) is 0.364. The highest BCUT2D eigenvalue weighted by Gasteiger charge is 2.27. The number of carbonyl (C=O) groups excluding carboxylic acids is 3. The Morgan fingerprint density at radius 2 is 1.81 bits per heavy atom. The molecule has 2 amide bonds. The number of rotatable bonds is 5. The number of nitrogens with zero attached hydrogens (tertiary/aromatic N) is 1. The molecule has 31 heavy (non-hydrogen) atoms. The number of carbonyl (C=O) groups is 3. The molecule has 0 unspecified atom stereocenters. The maximum atomic E-state index is 12.6. The molecule has 0 fully saturated rings. The van der Waals surface area contributed by atoms with Gasteiger partial charge in [0.25, 0.3) is 0 Å². The molecule has 0 bridgehead atoms. The Balaban J connectivity index is 1.74. The summed E-state index contributed by atoms with van der Waals surface area (Å²) >= 11 is 7.21. The van der Waals surface area contributed by atoms with Gasteiger partial charge in [-0.15, -0.1) is 11.3 Å². The number of aryl methyl sites for hydroxylation is 1. The van der Waals surface area contributed by atoms with Gasteiger partial charge in [-0.05, 0) is 62.8 Å². The number of hydrogen-bond acceptors (Lipinski definition) is 6. The van der Waals surface area contributed by atoms with E-state index >= 15 is 0 Å². The third-order valence-corrected chi connectivity index (χ3v) is 6.38. The minimum Gasteiger partial charge on any atom is -0.462 e. The SMILES string of the molecule is CCOC(=O)c1c(NC(=O)C(=O)N/N=C(\C)c2ccc(Cl)cc2)sc2c1CCCCC2. The first-order valence-electron chi connectivity index (χ1n) is 10.1. The average molecular weight is 462 g/mol. The first kappa shape index (κ1) is 23.0. The lowest BCUT2D eigenvalue weighted by Crippen LogP contribution is -2.33. The smallest absolute Gasteiger partial charge is 0.341 e. The molecule has 2 N–H and O–H groups in total. The van der Waals surface area contributed by atoms with Crippen LogP contribution in [0.3, 0.4) is 0 Å². The molecule has 0 spiro atoms. The highest BCUT2D eigenvalue weighted by Crippen LogP contribution is 2.38. The number of esters is 1. The Kier molecular flexibility index (Phi) is 7.81. The van der Waals surface area contributed by atoms with Crippen molar-refractivity contribution in [2.24, 2.45) is 5.10 Å². The molecule has 2 aromatic rings. The van der Waals surface area contributed by atoms with Gasteiger partial charge in [0.05, 0.1) is 17.9 Å².